The molecule has 1 aromatic heterocycles. The lowest BCUT2D eigenvalue weighted by Crippen LogP contribution is -2.26. The van der Waals surface area contributed by atoms with E-state index in [9.17, 15) is 9.59 Å². The normalized spacial score (nSPS) is 11.6. The van der Waals surface area contributed by atoms with Gasteiger partial charge in [-0.1, -0.05) is 0 Å². The molecule has 4 N–H and O–H groups in total. The van der Waals surface area contributed by atoms with Crippen molar-refractivity contribution in [3.63, 3.8) is 0 Å². The standard InChI is InChI=1S/C6H9N5O2/c1-3(7)8-2-4-9-5(12)11-6(13)10-4/h2H2,1H3,(H2,7,8)(H2,9,10,11,12,13). The first-order valence-corrected chi connectivity index (χ1v) is 3.54. The van der Waals surface area contributed by atoms with Crippen LogP contribution in [0.1, 0.15) is 12.7 Å². The van der Waals surface area contributed by atoms with Crippen molar-refractivity contribution in [2.75, 3.05) is 0 Å². The maximum Gasteiger partial charge on any atom is 0.350 e. The van der Waals surface area contributed by atoms with Crippen LogP contribution < -0.4 is 17.1 Å². The van der Waals surface area contributed by atoms with E-state index in [1.54, 1.807) is 6.92 Å². The van der Waals surface area contributed by atoms with E-state index in [0.717, 1.165) is 0 Å². The largest absolute Gasteiger partial charge is 0.388 e. The maximum absolute atomic E-state index is 10.7. The minimum absolute atomic E-state index is 0.0987. The van der Waals surface area contributed by atoms with Crippen LogP contribution in [-0.2, 0) is 6.54 Å². The average Bonchev–Trinajstić information content (AvgIpc) is 1.99. The van der Waals surface area contributed by atoms with Gasteiger partial charge in [0.1, 0.15) is 5.82 Å². The predicted molar refractivity (Wildman–Crippen MR) is 46.5 cm³/mol. The second-order valence-electron chi connectivity index (χ2n) is 2.40. The Morgan fingerprint density at radius 2 is 2.23 bits per heavy atom. The SMILES string of the molecule is CC(N)=NCc1nc(=O)[nH]c(=O)[nH]1. The highest BCUT2D eigenvalue weighted by molar-refractivity contribution is 5.77. The summed E-state index contributed by atoms with van der Waals surface area (Å²) in [6.07, 6.45) is 0. The van der Waals surface area contributed by atoms with Crippen LogP contribution in [0.2, 0.25) is 0 Å². The van der Waals surface area contributed by atoms with Crippen molar-refractivity contribution < 1.29 is 0 Å². The minimum Gasteiger partial charge on any atom is -0.388 e. The Labute approximate surface area is 72.7 Å². The molecular weight excluding hydrogens is 174 g/mol. The zero-order chi connectivity index (χ0) is 9.84. The summed E-state index contributed by atoms with van der Waals surface area (Å²) in [6, 6.07) is 0. The lowest BCUT2D eigenvalue weighted by atomic mass is 10.6. The van der Waals surface area contributed by atoms with Gasteiger partial charge in [0.25, 0.3) is 0 Å². The van der Waals surface area contributed by atoms with Crippen LogP contribution in [0.5, 0.6) is 0 Å². The van der Waals surface area contributed by atoms with E-state index in [4.69, 9.17) is 5.73 Å². The first-order chi connectivity index (χ1) is 6.08. The van der Waals surface area contributed by atoms with Crippen LogP contribution in [-0.4, -0.2) is 20.8 Å². The highest BCUT2D eigenvalue weighted by Gasteiger charge is 1.95. The zero-order valence-electron chi connectivity index (χ0n) is 7.00. The number of nitrogens with zero attached hydrogens (tertiary/aromatic N) is 2. The summed E-state index contributed by atoms with van der Waals surface area (Å²) in [5, 5.41) is 0. The zero-order valence-corrected chi connectivity index (χ0v) is 7.00. The van der Waals surface area contributed by atoms with Crippen molar-refractivity contribution in [1.29, 1.82) is 0 Å². The number of aromatic nitrogens is 3. The van der Waals surface area contributed by atoms with Gasteiger partial charge >= 0.3 is 11.4 Å². The van der Waals surface area contributed by atoms with Gasteiger partial charge in [-0.2, -0.15) is 4.98 Å². The molecule has 0 amide bonds. The number of nitrogens with one attached hydrogen (secondary N) is 2. The third kappa shape index (κ3) is 2.89. The fraction of sp³-hybridized carbons (Fsp3) is 0.333. The predicted octanol–water partition coefficient (Wildman–Crippen LogP) is -1.66. The van der Waals surface area contributed by atoms with Crippen molar-refractivity contribution in [3.8, 4) is 0 Å². The van der Waals surface area contributed by atoms with E-state index in [-0.39, 0.29) is 12.4 Å². The first kappa shape index (κ1) is 9.17. The van der Waals surface area contributed by atoms with Crippen molar-refractivity contribution in [1.82, 2.24) is 15.0 Å². The van der Waals surface area contributed by atoms with Crippen LogP contribution in [0.25, 0.3) is 0 Å². The van der Waals surface area contributed by atoms with Gasteiger partial charge in [0.2, 0.25) is 0 Å². The van der Waals surface area contributed by atoms with Crippen molar-refractivity contribution >= 4 is 5.84 Å². The van der Waals surface area contributed by atoms with E-state index < -0.39 is 11.4 Å². The number of aliphatic imine (C=N–C) groups is 1. The summed E-state index contributed by atoms with van der Waals surface area (Å²) in [5.41, 5.74) is 3.97. The molecule has 0 bridgehead atoms. The summed E-state index contributed by atoms with van der Waals surface area (Å²) >= 11 is 0. The fourth-order valence-electron chi connectivity index (χ4n) is 0.712. The molecule has 0 unspecified atom stereocenters. The summed E-state index contributed by atoms with van der Waals surface area (Å²) in [5.74, 6) is 0.557. The third-order valence-corrected chi connectivity index (χ3v) is 1.19. The summed E-state index contributed by atoms with van der Waals surface area (Å²) in [6.45, 7) is 1.70. The van der Waals surface area contributed by atoms with Gasteiger partial charge in [0.15, 0.2) is 0 Å². The van der Waals surface area contributed by atoms with Gasteiger partial charge < -0.3 is 5.73 Å². The molecule has 1 heterocycles. The second-order valence-corrected chi connectivity index (χ2v) is 2.40. The van der Waals surface area contributed by atoms with Crippen LogP contribution in [0, 0.1) is 0 Å². The highest BCUT2D eigenvalue weighted by atomic mass is 16.2. The van der Waals surface area contributed by atoms with Crippen LogP contribution in [0.15, 0.2) is 14.6 Å². The summed E-state index contributed by atoms with van der Waals surface area (Å²) in [4.78, 5) is 32.9. The van der Waals surface area contributed by atoms with E-state index >= 15 is 0 Å². The minimum atomic E-state index is -0.691. The van der Waals surface area contributed by atoms with Crippen molar-refractivity contribution in [2.45, 2.75) is 13.5 Å². The molecule has 0 saturated heterocycles. The smallest absolute Gasteiger partial charge is 0.350 e. The molecule has 70 valence electrons. The second kappa shape index (κ2) is 3.65. The van der Waals surface area contributed by atoms with E-state index in [1.165, 1.54) is 0 Å². The molecule has 0 aliphatic heterocycles. The molecule has 0 fully saturated rings. The molecule has 0 radical (unpaired) electrons. The number of aromatic amines is 2. The monoisotopic (exact) mass is 183 g/mol. The van der Waals surface area contributed by atoms with Gasteiger partial charge in [-0.05, 0) is 6.92 Å². The molecule has 1 rings (SSSR count). The lowest BCUT2D eigenvalue weighted by Gasteiger charge is -1.93. The molecule has 0 aliphatic rings. The van der Waals surface area contributed by atoms with Gasteiger partial charge in [-0.3, -0.25) is 15.0 Å². The molecular formula is C6H9N5O2. The topological polar surface area (TPSA) is 117 Å². The third-order valence-electron chi connectivity index (χ3n) is 1.19. The number of hydrogen-bond acceptors (Lipinski definition) is 4. The van der Waals surface area contributed by atoms with Gasteiger partial charge in [0.05, 0.1) is 12.4 Å². The van der Waals surface area contributed by atoms with Gasteiger partial charge in [0, 0.05) is 0 Å². The molecule has 0 atom stereocenters. The van der Waals surface area contributed by atoms with Crippen LogP contribution >= 0.6 is 0 Å². The van der Waals surface area contributed by atoms with Crippen molar-refractivity contribution in [2.24, 2.45) is 10.7 Å². The molecule has 7 heteroatoms. The Hall–Kier alpha value is -1.92. The maximum atomic E-state index is 10.7. The Balaban J connectivity index is 2.97. The van der Waals surface area contributed by atoms with Crippen LogP contribution in [0.4, 0.5) is 0 Å². The Kier molecular flexibility index (Phi) is 2.58. The van der Waals surface area contributed by atoms with Gasteiger partial charge in [-0.15, -0.1) is 0 Å². The van der Waals surface area contributed by atoms with E-state index in [1.807, 2.05) is 4.98 Å². The quantitative estimate of drug-likeness (QED) is 0.375. The molecule has 0 aromatic carbocycles. The summed E-state index contributed by atoms with van der Waals surface area (Å²) in [7, 11) is 0. The molecule has 0 aliphatic carbocycles. The number of hydrogen-bond donors (Lipinski definition) is 3. The molecule has 1 aromatic rings. The van der Waals surface area contributed by atoms with Gasteiger partial charge in [-0.25, -0.2) is 9.59 Å². The fourth-order valence-corrected chi connectivity index (χ4v) is 0.712. The van der Waals surface area contributed by atoms with Crippen LogP contribution in [0.3, 0.4) is 0 Å². The number of nitrogens with two attached hydrogens (primary N) is 1. The molecule has 7 nitrogen and oxygen atoms in total. The Morgan fingerprint density at radius 3 is 2.77 bits per heavy atom. The van der Waals surface area contributed by atoms with Crippen molar-refractivity contribution in [3.05, 3.63) is 26.8 Å². The Bertz CT molecular complexity index is 397. The highest BCUT2D eigenvalue weighted by Crippen LogP contribution is 1.84. The number of amidine groups is 1. The molecule has 0 spiro atoms. The number of H-pyrrole nitrogens is 2. The first-order valence-electron chi connectivity index (χ1n) is 3.54. The number of rotatable bonds is 2. The summed E-state index contributed by atoms with van der Waals surface area (Å²) < 4.78 is 0. The molecule has 13 heavy (non-hydrogen) atoms. The lowest BCUT2D eigenvalue weighted by molar-refractivity contribution is 0.818. The molecule has 0 saturated carbocycles. The Morgan fingerprint density at radius 1 is 1.54 bits per heavy atom. The van der Waals surface area contributed by atoms with E-state index in [2.05, 4.69) is 15.0 Å². The van der Waals surface area contributed by atoms with E-state index in [0.29, 0.717) is 5.84 Å². The average molecular weight is 183 g/mol.